The van der Waals surface area contributed by atoms with Gasteiger partial charge >= 0.3 is 10.1 Å². The lowest BCUT2D eigenvalue weighted by atomic mass is 9.97. The Bertz CT molecular complexity index is 1620. The van der Waals surface area contributed by atoms with E-state index in [4.69, 9.17) is 4.18 Å². The van der Waals surface area contributed by atoms with Crippen molar-refractivity contribution in [3.63, 3.8) is 0 Å². The van der Waals surface area contributed by atoms with Crippen molar-refractivity contribution in [2.24, 2.45) is 4.99 Å². The van der Waals surface area contributed by atoms with Crippen LogP contribution in [0.5, 0.6) is 5.75 Å². The molecule has 4 heterocycles. The summed E-state index contributed by atoms with van der Waals surface area (Å²) in [6, 6.07) is 3.00. The quantitative estimate of drug-likeness (QED) is 0.293. The number of hydrogen-bond donors (Lipinski definition) is 1. The number of alkyl halides is 4. The minimum Gasteiger partial charge on any atom is -0.382 e. The van der Waals surface area contributed by atoms with E-state index in [1.165, 1.54) is 22.3 Å². The molecule has 0 saturated carbocycles. The van der Waals surface area contributed by atoms with Gasteiger partial charge in [0.05, 0.1) is 17.8 Å². The van der Waals surface area contributed by atoms with Gasteiger partial charge in [0, 0.05) is 42.1 Å². The van der Waals surface area contributed by atoms with Crippen LogP contribution < -0.4 is 9.50 Å². The van der Waals surface area contributed by atoms with Crippen LogP contribution in [0.2, 0.25) is 0 Å². The first-order valence-electron chi connectivity index (χ1n) is 12.7. The molecular formula is C25H25F5N6O4S2. The second kappa shape index (κ2) is 11.9. The number of fused-ring (bicyclic) bond motifs is 1. The smallest absolute Gasteiger partial charge is 0.306 e. The number of aliphatic imine (C=N–C) groups is 1. The van der Waals surface area contributed by atoms with Gasteiger partial charge < -0.3 is 14.4 Å². The average molecular weight is 633 g/mol. The molecule has 1 fully saturated rings. The maximum atomic E-state index is 14.5. The van der Waals surface area contributed by atoms with Crippen LogP contribution in [0.3, 0.4) is 0 Å². The monoisotopic (exact) mass is 632 g/mol. The van der Waals surface area contributed by atoms with E-state index in [2.05, 4.69) is 20.4 Å². The van der Waals surface area contributed by atoms with E-state index >= 15 is 0 Å². The summed E-state index contributed by atoms with van der Waals surface area (Å²) in [6.45, 7) is 0.0844. The zero-order chi connectivity index (χ0) is 30.2. The summed E-state index contributed by atoms with van der Waals surface area (Å²) < 4.78 is 95.9. The van der Waals surface area contributed by atoms with Crippen LogP contribution in [0, 0.1) is 5.82 Å². The number of aromatic nitrogens is 3. The third-order valence-corrected chi connectivity index (χ3v) is 8.41. The van der Waals surface area contributed by atoms with Crippen LogP contribution >= 0.6 is 11.3 Å². The zero-order valence-electron chi connectivity index (χ0n) is 22.1. The Morgan fingerprint density at radius 3 is 2.57 bits per heavy atom. The summed E-state index contributed by atoms with van der Waals surface area (Å²) in [5.74, 6) is -0.600. The lowest BCUT2D eigenvalue weighted by Crippen LogP contribution is -2.40. The van der Waals surface area contributed by atoms with Crippen molar-refractivity contribution in [3.8, 4) is 5.75 Å². The number of benzene rings is 1. The average Bonchev–Trinajstić information content (AvgIpc) is 3.52. The largest absolute Gasteiger partial charge is 0.382 e. The Labute approximate surface area is 241 Å². The standard InChI is InChI=1S/C25H25F5N6O4S2/c1-42(38,39)40-20-3-2-16(26)14-9-31-24(32-10-15(14)20)18-12-41-25(33-18)13-4-6-35(7-5-13)21(37)11-36-19(23(29)30)8-17(34-36)22(27)28/h2-3,8,12-13,22-23H,4-7,9-11H2,1H3,(H,31,32). The van der Waals surface area contributed by atoms with Crippen molar-refractivity contribution in [1.29, 1.82) is 0 Å². The SMILES string of the molecule is CS(=O)(=O)Oc1ccc(F)c2c1CN=C(c1csc(C3CCN(C(=O)Cn4nc(C(F)F)cc4C(F)F)CC3)n1)NC2. The Balaban J connectivity index is 1.22. The van der Waals surface area contributed by atoms with Crippen molar-refractivity contribution in [2.45, 2.75) is 51.2 Å². The number of thiazole rings is 1. The highest BCUT2D eigenvalue weighted by Crippen LogP contribution is 2.32. The third-order valence-electron chi connectivity index (χ3n) is 6.92. The van der Waals surface area contributed by atoms with E-state index < -0.39 is 52.6 Å². The van der Waals surface area contributed by atoms with Crippen LogP contribution in [0.1, 0.15) is 64.8 Å². The minimum atomic E-state index is -3.83. The molecule has 2 aliphatic rings. The summed E-state index contributed by atoms with van der Waals surface area (Å²) in [4.78, 5) is 23.4. The molecule has 1 saturated heterocycles. The molecule has 2 aliphatic heterocycles. The van der Waals surface area contributed by atoms with Gasteiger partial charge in [-0.3, -0.25) is 14.5 Å². The molecular weight excluding hydrogens is 607 g/mol. The summed E-state index contributed by atoms with van der Waals surface area (Å²) in [6.07, 6.45) is -4.09. The van der Waals surface area contributed by atoms with E-state index in [1.807, 2.05) is 0 Å². The summed E-state index contributed by atoms with van der Waals surface area (Å²) in [5.41, 5.74) is -0.453. The summed E-state index contributed by atoms with van der Waals surface area (Å²) in [5, 5.41) is 9.13. The van der Waals surface area contributed by atoms with E-state index in [0.717, 1.165) is 17.3 Å². The van der Waals surface area contributed by atoms with Gasteiger partial charge in [-0.1, -0.05) is 0 Å². The maximum absolute atomic E-state index is 14.5. The van der Waals surface area contributed by atoms with Gasteiger partial charge in [0.15, 0.2) is 0 Å². The number of rotatable bonds is 8. The second-order valence-electron chi connectivity index (χ2n) is 9.79. The molecule has 0 radical (unpaired) electrons. The van der Waals surface area contributed by atoms with E-state index in [1.54, 1.807) is 5.38 Å². The molecule has 5 rings (SSSR count). The number of amides is 1. The number of hydrogen-bond acceptors (Lipinski definition) is 9. The van der Waals surface area contributed by atoms with E-state index in [9.17, 15) is 35.2 Å². The molecule has 1 aromatic carbocycles. The van der Waals surface area contributed by atoms with E-state index in [0.29, 0.717) is 53.8 Å². The molecule has 10 nitrogen and oxygen atoms in total. The number of nitrogens with zero attached hydrogens (tertiary/aromatic N) is 5. The molecule has 0 unspecified atom stereocenters. The molecule has 1 N–H and O–H groups in total. The number of amidine groups is 1. The van der Waals surface area contributed by atoms with E-state index in [-0.39, 0.29) is 30.3 Å². The Morgan fingerprint density at radius 2 is 1.90 bits per heavy atom. The molecule has 0 bridgehead atoms. The normalized spacial score (nSPS) is 16.3. The molecule has 3 aromatic rings. The van der Waals surface area contributed by atoms with Crippen molar-refractivity contribution < 1.29 is 39.3 Å². The van der Waals surface area contributed by atoms with Crippen LogP contribution in [0.4, 0.5) is 22.0 Å². The fourth-order valence-corrected chi connectivity index (χ4v) is 6.31. The van der Waals surface area contributed by atoms with Crippen molar-refractivity contribution in [3.05, 3.63) is 62.6 Å². The number of carbonyl (C=O) groups excluding carboxylic acids is 1. The first-order valence-corrected chi connectivity index (χ1v) is 15.4. The Kier molecular flexibility index (Phi) is 8.50. The predicted molar refractivity (Wildman–Crippen MR) is 142 cm³/mol. The molecule has 1 amide bonds. The fourth-order valence-electron chi connectivity index (χ4n) is 4.86. The predicted octanol–water partition coefficient (Wildman–Crippen LogP) is 4.15. The second-order valence-corrected chi connectivity index (χ2v) is 12.3. The zero-order valence-corrected chi connectivity index (χ0v) is 23.7. The van der Waals surface area contributed by atoms with Gasteiger partial charge in [-0.15, -0.1) is 11.3 Å². The Hall–Kier alpha value is -3.60. The van der Waals surface area contributed by atoms with Crippen molar-refractivity contribution >= 4 is 33.2 Å². The molecule has 0 aliphatic carbocycles. The van der Waals surface area contributed by atoms with Crippen LogP contribution in [0.15, 0.2) is 28.6 Å². The Morgan fingerprint density at radius 1 is 1.17 bits per heavy atom. The van der Waals surface area contributed by atoms with Crippen molar-refractivity contribution in [2.75, 3.05) is 19.3 Å². The van der Waals surface area contributed by atoms with Gasteiger partial charge in [0.2, 0.25) is 5.91 Å². The summed E-state index contributed by atoms with van der Waals surface area (Å²) >= 11 is 1.40. The van der Waals surface area contributed by atoms with Gasteiger partial charge in [-0.2, -0.15) is 13.5 Å². The number of nitrogens with one attached hydrogen (secondary N) is 1. The first-order chi connectivity index (χ1) is 19.9. The highest BCUT2D eigenvalue weighted by atomic mass is 32.2. The fraction of sp³-hybridized carbons (Fsp3) is 0.440. The van der Waals surface area contributed by atoms with Gasteiger partial charge in [-0.05, 0) is 31.0 Å². The number of carbonyl (C=O) groups is 1. The number of piperidine rings is 1. The van der Waals surface area contributed by atoms with Crippen LogP contribution in [-0.4, -0.2) is 59.2 Å². The van der Waals surface area contributed by atoms with Crippen LogP contribution in [0.25, 0.3) is 0 Å². The lowest BCUT2D eigenvalue weighted by molar-refractivity contribution is -0.133. The first kappa shape index (κ1) is 29.9. The molecule has 2 aromatic heterocycles. The van der Waals surface area contributed by atoms with Crippen LogP contribution in [-0.2, 0) is 34.5 Å². The molecule has 42 heavy (non-hydrogen) atoms. The number of halogens is 5. The highest BCUT2D eigenvalue weighted by Gasteiger charge is 2.29. The molecule has 17 heteroatoms. The van der Waals surface area contributed by atoms with Gasteiger partial charge in [0.25, 0.3) is 12.9 Å². The highest BCUT2D eigenvalue weighted by molar-refractivity contribution is 7.86. The molecule has 0 spiro atoms. The molecule has 0 atom stereocenters. The summed E-state index contributed by atoms with van der Waals surface area (Å²) in [7, 11) is -3.83. The van der Waals surface area contributed by atoms with Crippen molar-refractivity contribution in [1.82, 2.24) is 25.0 Å². The minimum absolute atomic E-state index is 0.00780. The topological polar surface area (TPSA) is 119 Å². The van der Waals surface area contributed by atoms with Gasteiger partial charge in [0.1, 0.15) is 41.0 Å². The number of likely N-dealkylation sites (tertiary alicyclic amines) is 1. The lowest BCUT2D eigenvalue weighted by Gasteiger charge is -2.31. The third kappa shape index (κ3) is 6.56. The van der Waals surface area contributed by atoms with Gasteiger partial charge in [-0.25, -0.2) is 26.9 Å². The molecule has 226 valence electrons. The maximum Gasteiger partial charge on any atom is 0.306 e.